The molecule has 4 nitrogen and oxygen atoms in total. The van der Waals surface area contributed by atoms with Gasteiger partial charge in [0, 0.05) is 59.7 Å². The number of methoxy groups -OCH3 is 1. The standard InChI is InChI=1S/C12H26N2O2/c1-13-6-8-14(9-7-13)5-3-11-16-12-4-10-15-2/h3-12H2,1-2H3. The van der Waals surface area contributed by atoms with Gasteiger partial charge in [-0.1, -0.05) is 0 Å². The molecule has 96 valence electrons. The lowest BCUT2D eigenvalue weighted by Crippen LogP contribution is -2.44. The largest absolute Gasteiger partial charge is 0.385 e. The van der Waals surface area contributed by atoms with Crippen LogP contribution in [-0.4, -0.2) is 76.5 Å². The molecule has 0 saturated carbocycles. The van der Waals surface area contributed by atoms with E-state index >= 15 is 0 Å². The molecule has 0 aromatic heterocycles. The van der Waals surface area contributed by atoms with Crippen LogP contribution in [0, 0.1) is 0 Å². The van der Waals surface area contributed by atoms with Gasteiger partial charge in [0.05, 0.1) is 0 Å². The summed E-state index contributed by atoms with van der Waals surface area (Å²) < 4.78 is 10.5. The van der Waals surface area contributed by atoms with Gasteiger partial charge in [-0.25, -0.2) is 0 Å². The van der Waals surface area contributed by atoms with E-state index in [4.69, 9.17) is 9.47 Å². The third kappa shape index (κ3) is 6.43. The summed E-state index contributed by atoms with van der Waals surface area (Å²) in [4.78, 5) is 4.91. The average molecular weight is 230 g/mol. The Morgan fingerprint density at radius 3 is 2.31 bits per heavy atom. The van der Waals surface area contributed by atoms with Crippen LogP contribution in [0.3, 0.4) is 0 Å². The molecule has 0 N–H and O–H groups in total. The van der Waals surface area contributed by atoms with E-state index in [0.29, 0.717) is 0 Å². The zero-order chi connectivity index (χ0) is 11.6. The van der Waals surface area contributed by atoms with Gasteiger partial charge >= 0.3 is 0 Å². The third-order valence-corrected chi connectivity index (χ3v) is 3.00. The highest BCUT2D eigenvalue weighted by molar-refractivity contribution is 4.68. The zero-order valence-corrected chi connectivity index (χ0v) is 10.8. The molecule has 0 aliphatic carbocycles. The molecule has 0 bridgehead atoms. The molecule has 16 heavy (non-hydrogen) atoms. The molecular weight excluding hydrogens is 204 g/mol. The Balaban J connectivity index is 1.84. The molecule has 1 fully saturated rings. The van der Waals surface area contributed by atoms with Crippen LogP contribution < -0.4 is 0 Å². The van der Waals surface area contributed by atoms with Gasteiger partial charge in [-0.3, -0.25) is 0 Å². The van der Waals surface area contributed by atoms with E-state index in [1.807, 2.05) is 0 Å². The van der Waals surface area contributed by atoms with Gasteiger partial charge in [0.1, 0.15) is 0 Å². The van der Waals surface area contributed by atoms with E-state index in [1.165, 1.54) is 32.7 Å². The lowest BCUT2D eigenvalue weighted by molar-refractivity contribution is 0.0881. The smallest absolute Gasteiger partial charge is 0.0487 e. The van der Waals surface area contributed by atoms with E-state index < -0.39 is 0 Å². The van der Waals surface area contributed by atoms with Crippen molar-refractivity contribution in [1.29, 1.82) is 0 Å². The van der Waals surface area contributed by atoms with Gasteiger partial charge in [-0.2, -0.15) is 0 Å². The van der Waals surface area contributed by atoms with E-state index in [1.54, 1.807) is 7.11 Å². The average Bonchev–Trinajstić information content (AvgIpc) is 2.30. The second-order valence-electron chi connectivity index (χ2n) is 4.46. The number of ether oxygens (including phenoxy) is 2. The molecule has 0 spiro atoms. The second kappa shape index (κ2) is 8.93. The molecule has 0 amide bonds. The third-order valence-electron chi connectivity index (χ3n) is 3.00. The summed E-state index contributed by atoms with van der Waals surface area (Å²) in [7, 11) is 3.92. The monoisotopic (exact) mass is 230 g/mol. The first-order valence-electron chi connectivity index (χ1n) is 6.30. The van der Waals surface area contributed by atoms with Crippen molar-refractivity contribution >= 4 is 0 Å². The Kier molecular flexibility index (Phi) is 7.76. The van der Waals surface area contributed by atoms with Crippen LogP contribution in [0.5, 0.6) is 0 Å². The van der Waals surface area contributed by atoms with Gasteiger partial charge in [-0.05, 0) is 19.9 Å². The molecule has 1 heterocycles. The fourth-order valence-corrected chi connectivity index (χ4v) is 1.87. The first-order valence-corrected chi connectivity index (χ1v) is 6.30. The molecule has 0 aromatic carbocycles. The first kappa shape index (κ1) is 13.9. The molecule has 1 aliphatic heterocycles. The number of hydrogen-bond donors (Lipinski definition) is 0. The SMILES string of the molecule is COCCCOCCCN1CCN(C)CC1. The maximum atomic E-state index is 5.53. The van der Waals surface area contributed by atoms with Crippen LogP contribution in [0.25, 0.3) is 0 Å². The van der Waals surface area contributed by atoms with Crippen molar-refractivity contribution in [3.63, 3.8) is 0 Å². The molecule has 1 aliphatic rings. The zero-order valence-electron chi connectivity index (χ0n) is 10.8. The maximum Gasteiger partial charge on any atom is 0.0487 e. The van der Waals surface area contributed by atoms with E-state index in [9.17, 15) is 0 Å². The normalized spacial score (nSPS) is 19.1. The highest BCUT2D eigenvalue weighted by atomic mass is 16.5. The van der Waals surface area contributed by atoms with Crippen molar-refractivity contribution in [3.8, 4) is 0 Å². The molecule has 0 aromatic rings. The van der Waals surface area contributed by atoms with Crippen LogP contribution in [-0.2, 0) is 9.47 Å². The predicted molar refractivity (Wildman–Crippen MR) is 65.9 cm³/mol. The molecule has 4 heteroatoms. The number of rotatable bonds is 8. The minimum Gasteiger partial charge on any atom is -0.385 e. The summed E-state index contributed by atoms with van der Waals surface area (Å²) in [6.45, 7) is 8.52. The summed E-state index contributed by atoms with van der Waals surface area (Å²) >= 11 is 0. The summed E-state index contributed by atoms with van der Waals surface area (Å²) in [6.07, 6.45) is 2.15. The predicted octanol–water partition coefficient (Wildman–Crippen LogP) is 0.677. The van der Waals surface area contributed by atoms with Gasteiger partial charge in [0.15, 0.2) is 0 Å². The molecular formula is C12H26N2O2. The molecule has 0 unspecified atom stereocenters. The fourth-order valence-electron chi connectivity index (χ4n) is 1.87. The summed E-state index contributed by atoms with van der Waals surface area (Å²) in [5.74, 6) is 0. The van der Waals surface area contributed by atoms with Crippen molar-refractivity contribution in [2.24, 2.45) is 0 Å². The van der Waals surface area contributed by atoms with Gasteiger partial charge in [0.2, 0.25) is 0 Å². The lowest BCUT2D eigenvalue weighted by Gasteiger charge is -2.32. The topological polar surface area (TPSA) is 24.9 Å². The van der Waals surface area contributed by atoms with E-state index in [2.05, 4.69) is 16.8 Å². The van der Waals surface area contributed by atoms with Crippen LogP contribution in [0.2, 0.25) is 0 Å². The van der Waals surface area contributed by atoms with Gasteiger partial charge in [-0.15, -0.1) is 0 Å². The highest BCUT2D eigenvalue weighted by Gasteiger charge is 2.12. The molecule has 1 rings (SSSR count). The van der Waals surface area contributed by atoms with Crippen LogP contribution in [0.1, 0.15) is 12.8 Å². The number of hydrogen-bond acceptors (Lipinski definition) is 4. The van der Waals surface area contributed by atoms with Crippen molar-refractivity contribution in [2.75, 3.05) is 66.7 Å². The summed E-state index contributed by atoms with van der Waals surface area (Å²) in [5.41, 5.74) is 0. The Hall–Kier alpha value is -0.160. The first-order chi connectivity index (χ1) is 7.83. The quantitative estimate of drug-likeness (QED) is 0.572. The second-order valence-corrected chi connectivity index (χ2v) is 4.46. The van der Waals surface area contributed by atoms with E-state index in [-0.39, 0.29) is 0 Å². The van der Waals surface area contributed by atoms with E-state index in [0.717, 1.165) is 32.7 Å². The fraction of sp³-hybridized carbons (Fsp3) is 1.00. The van der Waals surface area contributed by atoms with Crippen molar-refractivity contribution in [2.45, 2.75) is 12.8 Å². The highest BCUT2D eigenvalue weighted by Crippen LogP contribution is 2.00. The lowest BCUT2D eigenvalue weighted by atomic mass is 10.3. The minimum absolute atomic E-state index is 0.804. The van der Waals surface area contributed by atoms with Crippen LogP contribution in [0.4, 0.5) is 0 Å². The van der Waals surface area contributed by atoms with Gasteiger partial charge < -0.3 is 19.3 Å². The Morgan fingerprint density at radius 1 is 0.938 bits per heavy atom. The maximum absolute atomic E-state index is 5.53. The summed E-state index contributed by atoms with van der Waals surface area (Å²) in [5, 5.41) is 0. The molecule has 0 radical (unpaired) electrons. The Morgan fingerprint density at radius 2 is 1.62 bits per heavy atom. The van der Waals surface area contributed by atoms with Gasteiger partial charge in [0.25, 0.3) is 0 Å². The van der Waals surface area contributed by atoms with Crippen LogP contribution >= 0.6 is 0 Å². The summed E-state index contributed by atoms with van der Waals surface area (Å²) in [6, 6.07) is 0. The number of nitrogens with zero attached hydrogens (tertiary/aromatic N) is 2. The van der Waals surface area contributed by atoms with Crippen molar-refractivity contribution < 1.29 is 9.47 Å². The Labute approximate surface area is 99.5 Å². The number of piperazine rings is 1. The Bertz CT molecular complexity index is 159. The molecule has 0 atom stereocenters. The number of likely N-dealkylation sites (N-methyl/N-ethyl adjacent to an activating group) is 1. The van der Waals surface area contributed by atoms with Crippen molar-refractivity contribution in [1.82, 2.24) is 9.80 Å². The van der Waals surface area contributed by atoms with Crippen molar-refractivity contribution in [3.05, 3.63) is 0 Å². The van der Waals surface area contributed by atoms with Crippen LogP contribution in [0.15, 0.2) is 0 Å². The molecule has 1 saturated heterocycles. The minimum atomic E-state index is 0.804.